The summed E-state index contributed by atoms with van der Waals surface area (Å²) in [5.41, 5.74) is 1.25. The number of rotatable bonds is 8. The van der Waals surface area contributed by atoms with Gasteiger partial charge in [-0.25, -0.2) is 0 Å². The van der Waals surface area contributed by atoms with E-state index >= 15 is 0 Å². The van der Waals surface area contributed by atoms with E-state index in [-0.39, 0.29) is 0 Å². The molecule has 1 rings (SSSR count). The predicted octanol–water partition coefficient (Wildman–Crippen LogP) is 3.54. The van der Waals surface area contributed by atoms with Gasteiger partial charge in [-0.2, -0.15) is 0 Å². The number of nitrogens with one attached hydrogen (secondary N) is 1. The van der Waals surface area contributed by atoms with Gasteiger partial charge < -0.3 is 10.1 Å². The number of ether oxygens (including phenoxy) is 1. The predicted molar refractivity (Wildman–Crippen MR) is 73.7 cm³/mol. The summed E-state index contributed by atoms with van der Waals surface area (Å²) in [6.07, 6.45) is 3.53. The van der Waals surface area contributed by atoms with E-state index in [1.807, 2.05) is 12.1 Å². The van der Waals surface area contributed by atoms with Crippen LogP contribution in [0, 0.1) is 6.92 Å². The lowest BCUT2D eigenvalue weighted by molar-refractivity contribution is 0.281. The highest BCUT2D eigenvalue weighted by molar-refractivity contribution is 5.27. The molecule has 0 amide bonds. The van der Waals surface area contributed by atoms with E-state index in [2.05, 4.69) is 38.2 Å². The summed E-state index contributed by atoms with van der Waals surface area (Å²) in [6, 6.07) is 8.83. The average Bonchev–Trinajstić information content (AvgIpc) is 2.30. The summed E-state index contributed by atoms with van der Waals surface area (Å²) in [4.78, 5) is 0. The first-order valence-corrected chi connectivity index (χ1v) is 6.69. The van der Waals surface area contributed by atoms with Gasteiger partial charge in [-0.1, -0.05) is 32.4 Å². The Morgan fingerprint density at radius 2 is 2.06 bits per heavy atom. The molecule has 1 atom stereocenters. The fourth-order valence-electron chi connectivity index (χ4n) is 2.01. The number of benzene rings is 1. The molecule has 0 aliphatic heterocycles. The Balaban J connectivity index is 2.30. The quantitative estimate of drug-likeness (QED) is 0.744. The van der Waals surface area contributed by atoms with Crippen LogP contribution in [0.4, 0.5) is 0 Å². The minimum atomic E-state index is 0.592. The Morgan fingerprint density at radius 1 is 1.24 bits per heavy atom. The molecular weight excluding hydrogens is 210 g/mol. The van der Waals surface area contributed by atoms with E-state index in [9.17, 15) is 0 Å². The van der Waals surface area contributed by atoms with E-state index in [1.54, 1.807) is 0 Å². The van der Waals surface area contributed by atoms with Crippen molar-refractivity contribution in [1.29, 1.82) is 0 Å². The van der Waals surface area contributed by atoms with E-state index < -0.39 is 0 Å². The van der Waals surface area contributed by atoms with Crippen LogP contribution in [0.25, 0.3) is 0 Å². The van der Waals surface area contributed by atoms with Crippen LogP contribution in [-0.4, -0.2) is 19.2 Å². The maximum absolute atomic E-state index is 5.77. The van der Waals surface area contributed by atoms with Crippen LogP contribution in [0.3, 0.4) is 0 Å². The highest BCUT2D eigenvalue weighted by Gasteiger charge is 2.05. The molecule has 96 valence electrons. The van der Waals surface area contributed by atoms with Crippen molar-refractivity contribution < 1.29 is 4.74 Å². The molecule has 1 unspecified atom stereocenters. The smallest absolute Gasteiger partial charge is 0.119 e. The first-order chi connectivity index (χ1) is 8.26. The van der Waals surface area contributed by atoms with Gasteiger partial charge in [0.1, 0.15) is 5.75 Å². The Hall–Kier alpha value is -1.02. The van der Waals surface area contributed by atoms with Gasteiger partial charge in [-0.3, -0.25) is 0 Å². The molecule has 0 aromatic heterocycles. The fourth-order valence-corrected chi connectivity index (χ4v) is 2.01. The molecule has 0 radical (unpaired) electrons. The van der Waals surface area contributed by atoms with Gasteiger partial charge in [0.25, 0.3) is 0 Å². The lowest BCUT2D eigenvalue weighted by Gasteiger charge is -2.17. The molecule has 0 aliphatic carbocycles. The first kappa shape index (κ1) is 14.0. The molecule has 17 heavy (non-hydrogen) atoms. The minimum Gasteiger partial charge on any atom is -0.494 e. The zero-order valence-electron chi connectivity index (χ0n) is 11.3. The van der Waals surface area contributed by atoms with Gasteiger partial charge in [0.05, 0.1) is 6.61 Å². The Labute approximate surface area is 105 Å². The standard InChI is InChI=1S/C15H25NO/c1-4-7-14(16-5-2)10-11-17-15-9-6-8-13(3)12-15/h6,8-9,12,14,16H,4-5,7,10-11H2,1-3H3. The zero-order chi connectivity index (χ0) is 12.5. The van der Waals surface area contributed by atoms with Crippen LogP contribution in [0.2, 0.25) is 0 Å². The molecular formula is C15H25NO. The molecule has 1 aromatic rings. The number of aryl methyl sites for hydroxylation is 1. The lowest BCUT2D eigenvalue weighted by Crippen LogP contribution is -2.30. The maximum atomic E-state index is 5.77. The average molecular weight is 235 g/mol. The fraction of sp³-hybridized carbons (Fsp3) is 0.600. The van der Waals surface area contributed by atoms with Gasteiger partial charge in [0, 0.05) is 6.04 Å². The molecule has 2 heteroatoms. The molecule has 0 fully saturated rings. The van der Waals surface area contributed by atoms with E-state index in [4.69, 9.17) is 4.74 Å². The first-order valence-electron chi connectivity index (χ1n) is 6.69. The normalized spacial score (nSPS) is 12.4. The van der Waals surface area contributed by atoms with Crippen LogP contribution in [0.1, 0.15) is 38.7 Å². The van der Waals surface area contributed by atoms with Crippen LogP contribution in [-0.2, 0) is 0 Å². The van der Waals surface area contributed by atoms with E-state index in [0.29, 0.717) is 6.04 Å². The second-order valence-electron chi connectivity index (χ2n) is 4.50. The monoisotopic (exact) mass is 235 g/mol. The van der Waals surface area contributed by atoms with Crippen LogP contribution < -0.4 is 10.1 Å². The minimum absolute atomic E-state index is 0.592. The van der Waals surface area contributed by atoms with Gasteiger partial charge in [-0.15, -0.1) is 0 Å². The summed E-state index contributed by atoms with van der Waals surface area (Å²) in [6.45, 7) is 8.30. The summed E-state index contributed by atoms with van der Waals surface area (Å²) < 4.78 is 5.77. The van der Waals surface area contributed by atoms with Crippen molar-refractivity contribution in [3.05, 3.63) is 29.8 Å². The third kappa shape index (κ3) is 5.73. The molecule has 0 heterocycles. The summed E-state index contributed by atoms with van der Waals surface area (Å²) in [7, 11) is 0. The zero-order valence-corrected chi connectivity index (χ0v) is 11.3. The highest BCUT2D eigenvalue weighted by Crippen LogP contribution is 2.13. The second-order valence-corrected chi connectivity index (χ2v) is 4.50. The number of hydrogen-bond donors (Lipinski definition) is 1. The van der Waals surface area contributed by atoms with Crippen molar-refractivity contribution in [3.8, 4) is 5.75 Å². The second kappa shape index (κ2) is 8.13. The van der Waals surface area contributed by atoms with Gasteiger partial charge in [-0.05, 0) is 44.0 Å². The van der Waals surface area contributed by atoms with Crippen LogP contribution in [0.15, 0.2) is 24.3 Å². The van der Waals surface area contributed by atoms with Crippen molar-refractivity contribution >= 4 is 0 Å². The molecule has 2 nitrogen and oxygen atoms in total. The van der Waals surface area contributed by atoms with Crippen molar-refractivity contribution in [2.75, 3.05) is 13.2 Å². The van der Waals surface area contributed by atoms with Crippen molar-refractivity contribution in [3.63, 3.8) is 0 Å². The topological polar surface area (TPSA) is 21.3 Å². The molecule has 0 saturated heterocycles. The molecule has 1 N–H and O–H groups in total. The summed E-state index contributed by atoms with van der Waals surface area (Å²) >= 11 is 0. The summed E-state index contributed by atoms with van der Waals surface area (Å²) in [5.74, 6) is 0.983. The largest absolute Gasteiger partial charge is 0.494 e. The van der Waals surface area contributed by atoms with Gasteiger partial charge in [0.15, 0.2) is 0 Å². The summed E-state index contributed by atoms with van der Waals surface area (Å²) in [5, 5.41) is 3.50. The molecule has 0 aliphatic rings. The molecule has 0 saturated carbocycles. The lowest BCUT2D eigenvalue weighted by atomic mass is 10.1. The SMILES string of the molecule is CCCC(CCOc1cccc(C)c1)NCC. The van der Waals surface area contributed by atoms with Crippen LogP contribution in [0.5, 0.6) is 5.75 Å². The van der Waals surface area contributed by atoms with E-state index in [0.717, 1.165) is 25.3 Å². The number of hydrogen-bond acceptors (Lipinski definition) is 2. The Bertz CT molecular complexity index is 306. The van der Waals surface area contributed by atoms with Crippen molar-refractivity contribution in [2.45, 2.75) is 46.1 Å². The third-order valence-electron chi connectivity index (χ3n) is 2.85. The van der Waals surface area contributed by atoms with Crippen LogP contribution >= 0.6 is 0 Å². The molecule has 0 bridgehead atoms. The third-order valence-corrected chi connectivity index (χ3v) is 2.85. The Morgan fingerprint density at radius 3 is 2.71 bits per heavy atom. The van der Waals surface area contributed by atoms with Crippen molar-refractivity contribution in [2.24, 2.45) is 0 Å². The highest BCUT2D eigenvalue weighted by atomic mass is 16.5. The van der Waals surface area contributed by atoms with Crippen molar-refractivity contribution in [1.82, 2.24) is 5.32 Å². The van der Waals surface area contributed by atoms with E-state index in [1.165, 1.54) is 18.4 Å². The van der Waals surface area contributed by atoms with Gasteiger partial charge in [0.2, 0.25) is 0 Å². The Kier molecular flexibility index (Phi) is 6.71. The van der Waals surface area contributed by atoms with Gasteiger partial charge >= 0.3 is 0 Å². The maximum Gasteiger partial charge on any atom is 0.119 e. The molecule has 1 aromatic carbocycles. The molecule has 0 spiro atoms.